The Morgan fingerprint density at radius 1 is 2.00 bits per heavy atom. The number of rotatable bonds is 1. The maximum atomic E-state index is 9.54. The molecule has 0 saturated carbocycles. The van der Waals surface area contributed by atoms with E-state index in [0.29, 0.717) is 0 Å². The van der Waals surface area contributed by atoms with Crippen molar-refractivity contribution in [3.05, 3.63) is 0 Å². The average Bonchev–Trinajstić information content (AvgIpc) is 1.36. The van der Waals surface area contributed by atoms with Gasteiger partial charge in [0.25, 0.3) is 0 Å². The molecule has 0 amide bonds. The zero-order chi connectivity index (χ0) is 5.15. The monoisotopic (exact) mass is 151 g/mol. The Bertz CT molecular complexity index is 59.8. The van der Waals surface area contributed by atoms with E-state index in [9.17, 15) is 9.90 Å². The van der Waals surface area contributed by atoms with E-state index in [1.54, 1.807) is 0 Å². The second kappa shape index (κ2) is 2.18. The van der Waals surface area contributed by atoms with Crippen LogP contribution in [0.25, 0.3) is 0 Å². The number of carboxylic acid groups (broad SMARTS) is 1. The number of carbonyl (C=O) groups excluding carboxylic acids is 1. The number of hydrogen-bond donors (Lipinski definition) is 0. The summed E-state index contributed by atoms with van der Waals surface area (Å²) in [5, 5.41) is 9.54. The molecule has 0 radical (unpaired) electrons. The molecule has 0 fully saturated rings. The molecule has 0 saturated heterocycles. The van der Waals surface area contributed by atoms with Gasteiger partial charge in [0.15, 0.2) is 0 Å². The SMILES string of the molecule is CC(Br)C(=O)[O-]. The Hall–Kier alpha value is -0.0500. The number of halogens is 1. The first-order valence-electron chi connectivity index (χ1n) is 1.49. The van der Waals surface area contributed by atoms with E-state index in [-0.39, 0.29) is 0 Å². The van der Waals surface area contributed by atoms with Gasteiger partial charge in [0.1, 0.15) is 0 Å². The smallest absolute Gasteiger partial charge is 0.0548 e. The standard InChI is InChI=1S/C3H5BrO2/c1-2(4)3(5)6/h2H,1H3,(H,5,6)/p-1. The van der Waals surface area contributed by atoms with Crippen LogP contribution in [0, 0.1) is 0 Å². The highest BCUT2D eigenvalue weighted by molar-refractivity contribution is 9.10. The fourth-order valence-electron chi connectivity index (χ4n) is 0. The lowest BCUT2D eigenvalue weighted by Gasteiger charge is -1.99. The fourth-order valence-corrected chi connectivity index (χ4v) is 0. The van der Waals surface area contributed by atoms with E-state index < -0.39 is 10.8 Å². The summed E-state index contributed by atoms with van der Waals surface area (Å²) in [6, 6.07) is 0. The van der Waals surface area contributed by atoms with Crippen LogP contribution >= 0.6 is 15.9 Å². The van der Waals surface area contributed by atoms with Crippen LogP contribution in [0.4, 0.5) is 0 Å². The minimum Gasteiger partial charge on any atom is -0.549 e. The predicted molar refractivity (Wildman–Crippen MR) is 23.4 cm³/mol. The minimum absolute atomic E-state index is 0.530. The van der Waals surface area contributed by atoms with E-state index in [4.69, 9.17) is 0 Å². The van der Waals surface area contributed by atoms with Crippen molar-refractivity contribution in [3.8, 4) is 0 Å². The molecule has 0 spiro atoms. The predicted octanol–water partition coefficient (Wildman–Crippen LogP) is -0.480. The quantitative estimate of drug-likeness (QED) is 0.476. The van der Waals surface area contributed by atoms with Gasteiger partial charge in [-0.3, -0.25) is 0 Å². The van der Waals surface area contributed by atoms with Crippen molar-refractivity contribution < 1.29 is 9.90 Å². The summed E-state index contributed by atoms with van der Waals surface area (Å²) in [7, 11) is 0. The highest BCUT2D eigenvalue weighted by Gasteiger charge is 1.89. The molecular formula is C3H4BrO2-. The van der Waals surface area contributed by atoms with Gasteiger partial charge >= 0.3 is 0 Å². The van der Waals surface area contributed by atoms with Crippen molar-refractivity contribution in [3.63, 3.8) is 0 Å². The Labute approximate surface area is 44.3 Å². The lowest BCUT2D eigenvalue weighted by atomic mass is 10.5. The average molecular weight is 152 g/mol. The molecule has 1 unspecified atom stereocenters. The lowest BCUT2D eigenvalue weighted by molar-refractivity contribution is -0.304. The number of carboxylic acids is 1. The molecule has 1 atom stereocenters. The summed E-state index contributed by atoms with van der Waals surface area (Å²) in [6.45, 7) is 1.50. The highest BCUT2D eigenvalue weighted by Crippen LogP contribution is 1.91. The van der Waals surface area contributed by atoms with Crippen LogP contribution in [0.3, 0.4) is 0 Å². The molecule has 0 aromatic carbocycles. The fraction of sp³-hybridized carbons (Fsp3) is 0.667. The zero-order valence-corrected chi connectivity index (χ0v) is 4.86. The summed E-state index contributed by atoms with van der Waals surface area (Å²) in [4.78, 5) is 9.01. The van der Waals surface area contributed by atoms with Crippen molar-refractivity contribution in [1.82, 2.24) is 0 Å². The third-order valence-corrected chi connectivity index (χ3v) is 0.699. The second-order valence-electron chi connectivity index (χ2n) is 0.935. The summed E-state index contributed by atoms with van der Waals surface area (Å²) in [5.74, 6) is -1.07. The van der Waals surface area contributed by atoms with Crippen molar-refractivity contribution in [2.75, 3.05) is 0 Å². The van der Waals surface area contributed by atoms with Gasteiger partial charge in [-0.05, 0) is 6.92 Å². The van der Waals surface area contributed by atoms with E-state index in [1.165, 1.54) is 6.92 Å². The van der Waals surface area contributed by atoms with Gasteiger partial charge < -0.3 is 9.90 Å². The Morgan fingerprint density at radius 3 is 2.17 bits per heavy atom. The summed E-state index contributed by atoms with van der Waals surface area (Å²) < 4.78 is 0. The summed E-state index contributed by atoms with van der Waals surface area (Å²) in [5.41, 5.74) is 0. The molecule has 6 heavy (non-hydrogen) atoms. The van der Waals surface area contributed by atoms with E-state index in [0.717, 1.165) is 0 Å². The van der Waals surface area contributed by atoms with Gasteiger partial charge in [-0.1, -0.05) is 15.9 Å². The van der Waals surface area contributed by atoms with Crippen LogP contribution in [-0.4, -0.2) is 10.8 Å². The minimum atomic E-state index is -1.07. The highest BCUT2D eigenvalue weighted by atomic mass is 79.9. The van der Waals surface area contributed by atoms with Gasteiger partial charge in [0.05, 0.1) is 10.8 Å². The Kier molecular flexibility index (Phi) is 2.16. The van der Waals surface area contributed by atoms with Gasteiger partial charge in [0.2, 0.25) is 0 Å². The molecule has 3 heteroatoms. The van der Waals surface area contributed by atoms with Crippen molar-refractivity contribution in [2.45, 2.75) is 11.8 Å². The first-order chi connectivity index (χ1) is 2.64. The first kappa shape index (κ1) is 5.95. The maximum Gasteiger partial charge on any atom is 0.0548 e. The molecule has 0 N–H and O–H groups in total. The largest absolute Gasteiger partial charge is 0.549 e. The van der Waals surface area contributed by atoms with Gasteiger partial charge in [-0.25, -0.2) is 0 Å². The molecular weight excluding hydrogens is 148 g/mol. The van der Waals surface area contributed by atoms with Gasteiger partial charge in [-0.15, -0.1) is 0 Å². The van der Waals surface area contributed by atoms with Crippen LogP contribution in [0.15, 0.2) is 0 Å². The second-order valence-corrected chi connectivity index (χ2v) is 2.31. The lowest BCUT2D eigenvalue weighted by Crippen LogP contribution is -2.29. The molecule has 36 valence electrons. The molecule has 0 aromatic rings. The normalized spacial score (nSPS) is 13.7. The molecule has 0 heterocycles. The van der Waals surface area contributed by atoms with Crippen LogP contribution < -0.4 is 5.11 Å². The van der Waals surface area contributed by atoms with Crippen LogP contribution in [0.2, 0.25) is 0 Å². The van der Waals surface area contributed by atoms with E-state index >= 15 is 0 Å². The molecule has 2 nitrogen and oxygen atoms in total. The van der Waals surface area contributed by atoms with Crippen LogP contribution in [0.1, 0.15) is 6.92 Å². The number of hydrogen-bond acceptors (Lipinski definition) is 2. The molecule has 0 bridgehead atoms. The number of aliphatic carboxylic acids is 1. The number of carbonyl (C=O) groups is 1. The third kappa shape index (κ3) is 2.20. The first-order valence-corrected chi connectivity index (χ1v) is 2.41. The number of alkyl halides is 1. The van der Waals surface area contributed by atoms with E-state index in [2.05, 4.69) is 15.9 Å². The molecule has 0 aromatic heterocycles. The Morgan fingerprint density at radius 2 is 2.17 bits per heavy atom. The van der Waals surface area contributed by atoms with Gasteiger partial charge in [0, 0.05) is 0 Å². The van der Waals surface area contributed by atoms with Crippen molar-refractivity contribution in [2.24, 2.45) is 0 Å². The topological polar surface area (TPSA) is 40.1 Å². The van der Waals surface area contributed by atoms with Crippen molar-refractivity contribution >= 4 is 21.9 Å². The third-order valence-electron chi connectivity index (χ3n) is 0.325. The van der Waals surface area contributed by atoms with Crippen LogP contribution in [0.5, 0.6) is 0 Å². The van der Waals surface area contributed by atoms with E-state index in [1.807, 2.05) is 0 Å². The molecule has 0 aliphatic carbocycles. The van der Waals surface area contributed by atoms with Gasteiger partial charge in [-0.2, -0.15) is 0 Å². The Balaban J connectivity index is 3.26. The van der Waals surface area contributed by atoms with Crippen molar-refractivity contribution in [1.29, 1.82) is 0 Å². The van der Waals surface area contributed by atoms with Crippen LogP contribution in [-0.2, 0) is 4.79 Å². The molecule has 0 aliphatic rings. The zero-order valence-electron chi connectivity index (χ0n) is 3.27. The summed E-state index contributed by atoms with van der Waals surface area (Å²) in [6.07, 6.45) is 0. The maximum absolute atomic E-state index is 9.54. The molecule has 0 rings (SSSR count). The molecule has 0 aliphatic heterocycles. The summed E-state index contributed by atoms with van der Waals surface area (Å²) >= 11 is 2.78.